The smallest absolute Gasteiger partial charge is 0.149 e. The maximum Gasteiger partial charge on any atom is 0.149 e. The van der Waals surface area contributed by atoms with Crippen LogP contribution in [-0.2, 0) is 16.2 Å². The van der Waals surface area contributed by atoms with Crippen LogP contribution in [0.15, 0.2) is 146 Å². The van der Waals surface area contributed by atoms with E-state index in [9.17, 15) is 5.11 Å². The van der Waals surface area contributed by atoms with Crippen molar-refractivity contribution < 1.29 is 9.22 Å². The van der Waals surface area contributed by atoms with Gasteiger partial charge in [-0.05, 0) is 117 Å². The highest BCUT2D eigenvalue weighted by Crippen LogP contribution is 2.43. The normalized spacial score (nSPS) is 13.3. The lowest BCUT2D eigenvalue weighted by molar-refractivity contribution is 0.475. The van der Waals surface area contributed by atoms with Crippen molar-refractivity contribution >= 4 is 11.0 Å². The van der Waals surface area contributed by atoms with Gasteiger partial charge in [0.15, 0.2) is 0 Å². The maximum absolute atomic E-state index is 11.7. The number of aromatic nitrogens is 3. The number of fused-ring (bicyclic) bond motifs is 1. The SMILES string of the molecule is [2H]C([2H])([2H])c1ccc(-c2ccnc(-c3cc(-c4cccc5c4nc(-c4cc(C(C)(C)C)ccc4O)n5-c4ccc(C(C)(C)C)cc4-c4ccccc4)cc(C(C)(C)C)c3)c2)cc1. The maximum atomic E-state index is 11.7. The molecule has 0 spiro atoms. The molecule has 0 fully saturated rings. The molecular formula is C55H55N3O. The molecule has 0 aliphatic rings. The van der Waals surface area contributed by atoms with E-state index in [4.69, 9.17) is 14.1 Å². The van der Waals surface area contributed by atoms with Crippen LogP contribution in [0.1, 0.15) is 88.7 Å². The molecule has 4 nitrogen and oxygen atoms in total. The van der Waals surface area contributed by atoms with Gasteiger partial charge in [-0.2, -0.15) is 0 Å². The van der Waals surface area contributed by atoms with E-state index >= 15 is 0 Å². The van der Waals surface area contributed by atoms with E-state index in [2.05, 4.69) is 158 Å². The Morgan fingerprint density at radius 3 is 1.85 bits per heavy atom. The lowest BCUT2D eigenvalue weighted by Gasteiger charge is -2.23. The van der Waals surface area contributed by atoms with Crippen LogP contribution in [0.2, 0.25) is 0 Å². The van der Waals surface area contributed by atoms with E-state index in [0.29, 0.717) is 17.0 Å². The third-order valence-electron chi connectivity index (χ3n) is 11.4. The van der Waals surface area contributed by atoms with Gasteiger partial charge in [-0.1, -0.05) is 153 Å². The van der Waals surface area contributed by atoms with Crippen molar-refractivity contribution in [3.8, 4) is 67.5 Å². The molecule has 0 atom stereocenters. The summed E-state index contributed by atoms with van der Waals surface area (Å²) in [5.74, 6) is 0.822. The Bertz CT molecular complexity index is 2940. The highest BCUT2D eigenvalue weighted by molar-refractivity contribution is 5.97. The van der Waals surface area contributed by atoms with Gasteiger partial charge < -0.3 is 5.11 Å². The number of pyridine rings is 1. The van der Waals surface area contributed by atoms with Crippen LogP contribution in [0.5, 0.6) is 5.75 Å². The van der Waals surface area contributed by atoms with Crippen molar-refractivity contribution in [1.29, 1.82) is 0 Å². The molecule has 0 aliphatic heterocycles. The third kappa shape index (κ3) is 7.84. The number of para-hydroxylation sites is 1. The Labute approximate surface area is 354 Å². The fourth-order valence-electron chi connectivity index (χ4n) is 7.78. The summed E-state index contributed by atoms with van der Waals surface area (Å²) >= 11 is 0. The highest BCUT2D eigenvalue weighted by Gasteiger charge is 2.26. The summed E-state index contributed by atoms with van der Waals surface area (Å²) in [6, 6.07) is 47.3. The third-order valence-corrected chi connectivity index (χ3v) is 11.4. The number of hydrogen-bond acceptors (Lipinski definition) is 3. The first-order valence-corrected chi connectivity index (χ1v) is 20.5. The van der Waals surface area contributed by atoms with Gasteiger partial charge in [-0.25, -0.2) is 4.98 Å². The van der Waals surface area contributed by atoms with Gasteiger partial charge >= 0.3 is 0 Å². The largest absolute Gasteiger partial charge is 0.507 e. The molecule has 1 N–H and O–H groups in total. The summed E-state index contributed by atoms with van der Waals surface area (Å²) in [6.07, 6.45) is 1.81. The van der Waals surface area contributed by atoms with Crippen molar-refractivity contribution in [2.75, 3.05) is 0 Å². The number of imidazole rings is 1. The van der Waals surface area contributed by atoms with Crippen molar-refractivity contribution in [3.63, 3.8) is 0 Å². The average molecular weight is 777 g/mol. The molecule has 296 valence electrons. The lowest BCUT2D eigenvalue weighted by Crippen LogP contribution is -2.12. The predicted octanol–water partition coefficient (Wildman–Crippen LogP) is 14.7. The summed E-state index contributed by atoms with van der Waals surface area (Å²) < 4.78 is 25.7. The van der Waals surface area contributed by atoms with Crippen LogP contribution in [0.25, 0.3) is 72.7 Å². The molecule has 0 radical (unpaired) electrons. The van der Waals surface area contributed by atoms with Crippen molar-refractivity contribution in [2.45, 2.75) is 85.4 Å². The highest BCUT2D eigenvalue weighted by atomic mass is 16.3. The number of nitrogens with zero attached hydrogens (tertiary/aromatic N) is 3. The van der Waals surface area contributed by atoms with E-state index < -0.39 is 6.85 Å². The molecular weight excluding hydrogens is 719 g/mol. The number of aryl methyl sites for hydroxylation is 1. The molecule has 0 aliphatic carbocycles. The minimum atomic E-state index is -2.16. The fraction of sp³-hybridized carbons (Fsp3) is 0.236. The number of aromatic hydroxyl groups is 1. The predicted molar refractivity (Wildman–Crippen MR) is 249 cm³/mol. The van der Waals surface area contributed by atoms with Crippen LogP contribution in [0.3, 0.4) is 0 Å². The summed E-state index contributed by atoms with van der Waals surface area (Å²) in [4.78, 5) is 10.4. The molecule has 0 bridgehead atoms. The van der Waals surface area contributed by atoms with Crippen LogP contribution >= 0.6 is 0 Å². The monoisotopic (exact) mass is 776 g/mol. The Morgan fingerprint density at radius 1 is 0.508 bits per heavy atom. The second-order valence-electron chi connectivity index (χ2n) is 18.8. The van der Waals surface area contributed by atoms with Gasteiger partial charge in [0.2, 0.25) is 0 Å². The molecule has 8 rings (SSSR count). The molecule has 59 heavy (non-hydrogen) atoms. The van der Waals surface area contributed by atoms with E-state index in [1.807, 2.05) is 36.5 Å². The minimum absolute atomic E-state index is 0.0805. The lowest BCUT2D eigenvalue weighted by atomic mass is 9.83. The summed E-state index contributed by atoms with van der Waals surface area (Å²) in [5.41, 5.74) is 14.5. The first-order valence-electron chi connectivity index (χ1n) is 22.0. The van der Waals surface area contributed by atoms with Gasteiger partial charge in [0, 0.05) is 27.0 Å². The molecule has 4 heteroatoms. The topological polar surface area (TPSA) is 50.9 Å². The Morgan fingerprint density at radius 2 is 1.17 bits per heavy atom. The van der Waals surface area contributed by atoms with Gasteiger partial charge in [0.25, 0.3) is 0 Å². The average Bonchev–Trinajstić information content (AvgIpc) is 3.62. The molecule has 0 saturated heterocycles. The minimum Gasteiger partial charge on any atom is -0.507 e. The standard InChI is InChI=1S/C55H55N3O/c1-35-19-21-36(22-20-35)38-27-28-56-47(32-38)40-29-39(30-43(31-40)55(8,9)10)44-17-14-18-49-51(44)57-52(46-34-42(54(5,6)7)24-26-50(46)59)58(49)48-25-23-41(53(2,3)4)33-45(48)37-15-12-11-13-16-37/h11-34,59H,1-10H3/i1D3. The van der Waals surface area contributed by atoms with E-state index in [-0.39, 0.29) is 22.0 Å². The summed E-state index contributed by atoms with van der Waals surface area (Å²) in [6.45, 7) is 17.8. The number of rotatable bonds is 6. The summed E-state index contributed by atoms with van der Waals surface area (Å²) in [5, 5.41) is 11.7. The van der Waals surface area contributed by atoms with Crippen LogP contribution in [0.4, 0.5) is 0 Å². The molecule has 2 aromatic heterocycles. The molecule has 0 saturated carbocycles. The quantitative estimate of drug-likeness (QED) is 0.183. The number of hydrogen-bond donors (Lipinski definition) is 1. The van der Waals surface area contributed by atoms with Gasteiger partial charge in [0.1, 0.15) is 11.6 Å². The molecule has 0 amide bonds. The van der Waals surface area contributed by atoms with E-state index in [0.717, 1.165) is 72.5 Å². The Kier molecular flexibility index (Phi) is 9.02. The zero-order valence-electron chi connectivity index (χ0n) is 38.6. The van der Waals surface area contributed by atoms with Gasteiger partial charge in [0.05, 0.1) is 28.0 Å². The molecule has 0 unspecified atom stereocenters. The fourth-order valence-corrected chi connectivity index (χ4v) is 7.78. The Balaban J connectivity index is 1.39. The molecule has 2 heterocycles. The van der Waals surface area contributed by atoms with Crippen LogP contribution in [0, 0.1) is 6.85 Å². The zero-order chi connectivity index (χ0) is 44.4. The van der Waals surface area contributed by atoms with Crippen LogP contribution in [-0.4, -0.2) is 19.6 Å². The second-order valence-corrected chi connectivity index (χ2v) is 18.8. The van der Waals surface area contributed by atoms with Gasteiger partial charge in [-0.3, -0.25) is 9.55 Å². The second kappa shape index (κ2) is 14.8. The first kappa shape index (κ1) is 35.9. The van der Waals surface area contributed by atoms with Crippen molar-refractivity contribution in [3.05, 3.63) is 168 Å². The Hall–Kier alpha value is -6.26. The van der Waals surface area contributed by atoms with E-state index in [1.165, 1.54) is 5.56 Å². The van der Waals surface area contributed by atoms with E-state index in [1.54, 1.807) is 18.2 Å². The number of benzene rings is 6. The number of phenols is 1. The van der Waals surface area contributed by atoms with Crippen LogP contribution < -0.4 is 0 Å². The first-order chi connectivity index (χ1) is 29.2. The zero-order valence-corrected chi connectivity index (χ0v) is 35.6. The molecule has 8 aromatic rings. The summed E-state index contributed by atoms with van der Waals surface area (Å²) in [7, 11) is 0. The molecule has 6 aromatic carbocycles. The number of phenolic OH excluding ortho intramolecular Hbond substituents is 1. The van der Waals surface area contributed by atoms with Crippen molar-refractivity contribution in [1.82, 2.24) is 14.5 Å². The van der Waals surface area contributed by atoms with Gasteiger partial charge in [-0.15, -0.1) is 0 Å². The van der Waals surface area contributed by atoms with Crippen molar-refractivity contribution in [2.24, 2.45) is 0 Å².